The third-order valence-electron chi connectivity index (χ3n) is 1.36. The second-order valence-electron chi connectivity index (χ2n) is 2.43. The van der Waals surface area contributed by atoms with E-state index in [1.807, 2.05) is 0 Å². The molecule has 0 aliphatic carbocycles. The van der Waals surface area contributed by atoms with E-state index in [4.69, 9.17) is 6.58 Å². The first kappa shape index (κ1) is 9.48. The van der Waals surface area contributed by atoms with Crippen molar-refractivity contribution in [3.05, 3.63) is 24.8 Å². The smallest absolute Gasteiger partial charge is 0.0345 e. The molecule has 0 nitrogen and oxygen atoms in total. The fourth-order valence-electron chi connectivity index (χ4n) is 0.756. The van der Waals surface area contributed by atoms with Crippen molar-refractivity contribution in [3.8, 4) is 0 Å². The Hall–Kier alpha value is -0.520. The van der Waals surface area contributed by atoms with Crippen LogP contribution in [0.25, 0.3) is 0 Å². The van der Waals surface area contributed by atoms with Crippen molar-refractivity contribution in [2.75, 3.05) is 0 Å². The zero-order valence-electron chi connectivity index (χ0n) is 6.84. The zero-order valence-corrected chi connectivity index (χ0v) is 6.84. The molecule has 0 rings (SSSR count). The quantitative estimate of drug-likeness (QED) is 0.388. The van der Waals surface area contributed by atoms with E-state index >= 15 is 0 Å². The van der Waals surface area contributed by atoms with E-state index in [1.165, 1.54) is 25.7 Å². The minimum atomic E-state index is 1.04. The Kier molecular flexibility index (Phi) is 8.04. The van der Waals surface area contributed by atoms with Gasteiger partial charge in [0.15, 0.2) is 0 Å². The molecule has 0 fully saturated rings. The normalized spacial score (nSPS) is 10.5. The van der Waals surface area contributed by atoms with Crippen LogP contribution in [-0.4, -0.2) is 0 Å². The lowest BCUT2D eigenvalue weighted by Gasteiger charge is -1.88. The van der Waals surface area contributed by atoms with Crippen LogP contribution in [0.1, 0.15) is 39.0 Å². The lowest BCUT2D eigenvalue weighted by molar-refractivity contribution is 0.859. The molecule has 0 amide bonds. The summed E-state index contributed by atoms with van der Waals surface area (Å²) < 4.78 is 0. The Morgan fingerprint density at radius 2 is 1.80 bits per heavy atom. The maximum Gasteiger partial charge on any atom is -0.0345 e. The van der Waals surface area contributed by atoms with Crippen molar-refractivity contribution in [3.63, 3.8) is 0 Å². The van der Waals surface area contributed by atoms with Gasteiger partial charge in [0.1, 0.15) is 0 Å². The first-order chi connectivity index (χ1) is 4.91. The molecule has 10 heavy (non-hydrogen) atoms. The number of hydrogen-bond acceptors (Lipinski definition) is 0. The first-order valence-corrected chi connectivity index (χ1v) is 4.10. The minimum Gasteiger partial charge on any atom is -0.0885 e. The highest BCUT2D eigenvalue weighted by Gasteiger charge is 1.78. The maximum absolute atomic E-state index is 5.22. The zero-order chi connectivity index (χ0) is 7.66. The summed E-state index contributed by atoms with van der Waals surface area (Å²) in [5, 5.41) is 0. The van der Waals surface area contributed by atoms with Gasteiger partial charge in [-0.2, -0.15) is 0 Å². The van der Waals surface area contributed by atoms with Crippen LogP contribution < -0.4 is 0 Å². The molecule has 0 aromatic heterocycles. The van der Waals surface area contributed by atoms with Crippen molar-refractivity contribution in [1.29, 1.82) is 0 Å². The Bertz CT molecular complexity index is 90.2. The van der Waals surface area contributed by atoms with Gasteiger partial charge >= 0.3 is 0 Å². The van der Waals surface area contributed by atoms with Crippen molar-refractivity contribution in [2.45, 2.75) is 39.0 Å². The number of hydrogen-bond donors (Lipinski definition) is 0. The summed E-state index contributed by atoms with van der Waals surface area (Å²) in [5.74, 6) is 0. The second-order valence-corrected chi connectivity index (χ2v) is 2.43. The SMILES string of the molecule is [CH]=CCCCC=CCCC. The van der Waals surface area contributed by atoms with Gasteiger partial charge in [-0.1, -0.05) is 38.2 Å². The van der Waals surface area contributed by atoms with Crippen LogP contribution in [0.15, 0.2) is 18.2 Å². The Balaban J connectivity index is 2.94. The lowest BCUT2D eigenvalue weighted by atomic mass is 10.2. The Morgan fingerprint density at radius 3 is 2.40 bits per heavy atom. The molecule has 0 aliphatic rings. The van der Waals surface area contributed by atoms with Crippen LogP contribution in [0.4, 0.5) is 0 Å². The van der Waals surface area contributed by atoms with Crippen LogP contribution in [0.2, 0.25) is 0 Å². The number of allylic oxidation sites excluding steroid dienone is 3. The van der Waals surface area contributed by atoms with Gasteiger partial charge in [-0.05, 0) is 25.7 Å². The fourth-order valence-corrected chi connectivity index (χ4v) is 0.756. The predicted octanol–water partition coefficient (Wildman–Crippen LogP) is 3.50. The summed E-state index contributed by atoms with van der Waals surface area (Å²) in [6, 6.07) is 0. The molecule has 0 aromatic carbocycles. The third-order valence-corrected chi connectivity index (χ3v) is 1.36. The van der Waals surface area contributed by atoms with Crippen molar-refractivity contribution in [1.82, 2.24) is 0 Å². The molecule has 0 saturated heterocycles. The molecule has 1 radical (unpaired) electrons. The van der Waals surface area contributed by atoms with Crippen LogP contribution in [0.3, 0.4) is 0 Å². The van der Waals surface area contributed by atoms with Gasteiger partial charge in [0.25, 0.3) is 0 Å². The highest BCUT2D eigenvalue weighted by atomic mass is 13.8. The molecule has 0 aromatic rings. The van der Waals surface area contributed by atoms with E-state index in [0.29, 0.717) is 0 Å². The van der Waals surface area contributed by atoms with E-state index in [9.17, 15) is 0 Å². The summed E-state index contributed by atoms with van der Waals surface area (Å²) in [4.78, 5) is 0. The van der Waals surface area contributed by atoms with E-state index in [0.717, 1.165) is 6.42 Å². The number of rotatable bonds is 6. The molecule has 0 unspecified atom stereocenters. The van der Waals surface area contributed by atoms with Crippen molar-refractivity contribution >= 4 is 0 Å². The van der Waals surface area contributed by atoms with Gasteiger partial charge in [0, 0.05) is 0 Å². The molecule has 0 heteroatoms. The average molecular weight is 137 g/mol. The van der Waals surface area contributed by atoms with Crippen LogP contribution in [0.5, 0.6) is 0 Å². The van der Waals surface area contributed by atoms with E-state index in [2.05, 4.69) is 19.1 Å². The van der Waals surface area contributed by atoms with Gasteiger partial charge in [-0.15, -0.1) is 0 Å². The van der Waals surface area contributed by atoms with E-state index in [-0.39, 0.29) is 0 Å². The first-order valence-electron chi connectivity index (χ1n) is 4.10. The third kappa shape index (κ3) is 7.48. The van der Waals surface area contributed by atoms with Crippen LogP contribution >= 0.6 is 0 Å². The molecule has 0 atom stereocenters. The molecule has 57 valence electrons. The summed E-state index contributed by atoms with van der Waals surface area (Å²) in [7, 11) is 0. The fraction of sp³-hybridized carbons (Fsp3) is 0.600. The van der Waals surface area contributed by atoms with Crippen molar-refractivity contribution < 1.29 is 0 Å². The van der Waals surface area contributed by atoms with Gasteiger partial charge in [0.2, 0.25) is 0 Å². The van der Waals surface area contributed by atoms with Gasteiger partial charge < -0.3 is 0 Å². The molecule has 0 heterocycles. The standard InChI is InChI=1S/C10H17/c1-3-5-7-9-10-8-6-4-2/h1,3,8,10H,4-7,9H2,2H3. The maximum atomic E-state index is 5.22. The van der Waals surface area contributed by atoms with Crippen molar-refractivity contribution in [2.24, 2.45) is 0 Å². The molecule has 0 aliphatic heterocycles. The van der Waals surface area contributed by atoms with Gasteiger partial charge in [0.05, 0.1) is 0 Å². The molecular weight excluding hydrogens is 120 g/mol. The molecular formula is C10H17. The minimum absolute atomic E-state index is 1.04. The monoisotopic (exact) mass is 137 g/mol. The van der Waals surface area contributed by atoms with E-state index < -0.39 is 0 Å². The second kappa shape index (κ2) is 8.48. The molecule has 0 saturated carbocycles. The highest BCUT2D eigenvalue weighted by Crippen LogP contribution is 1.98. The van der Waals surface area contributed by atoms with Gasteiger partial charge in [-0.25, -0.2) is 0 Å². The molecule has 0 N–H and O–H groups in total. The van der Waals surface area contributed by atoms with Crippen LogP contribution in [0, 0.1) is 6.58 Å². The lowest BCUT2D eigenvalue weighted by Crippen LogP contribution is -1.68. The highest BCUT2D eigenvalue weighted by molar-refractivity contribution is 4.81. The summed E-state index contributed by atoms with van der Waals surface area (Å²) in [6.45, 7) is 7.41. The summed E-state index contributed by atoms with van der Waals surface area (Å²) in [5.41, 5.74) is 0. The average Bonchev–Trinajstić information content (AvgIpc) is 1.97. The Morgan fingerprint density at radius 1 is 1.10 bits per heavy atom. The predicted molar refractivity (Wildman–Crippen MR) is 46.8 cm³/mol. The Labute approximate surface area is 64.6 Å². The molecule has 0 spiro atoms. The summed E-state index contributed by atoms with van der Waals surface area (Å²) >= 11 is 0. The topological polar surface area (TPSA) is 0 Å². The largest absolute Gasteiger partial charge is 0.0885 e. The van der Waals surface area contributed by atoms with E-state index in [1.54, 1.807) is 6.08 Å². The summed E-state index contributed by atoms with van der Waals surface area (Å²) in [6.07, 6.45) is 12.1. The molecule has 0 bridgehead atoms. The number of unbranched alkanes of at least 4 members (excludes halogenated alkanes) is 3. The van der Waals surface area contributed by atoms with Gasteiger partial charge in [-0.3, -0.25) is 0 Å². The van der Waals surface area contributed by atoms with Crippen LogP contribution in [-0.2, 0) is 0 Å².